The Morgan fingerprint density at radius 1 is 0.317 bits per heavy atom. The van der Waals surface area contributed by atoms with E-state index in [2.05, 4.69) is 231 Å². The number of benzene rings is 10. The topological polar surface area (TPSA) is 25.8 Å². The van der Waals surface area contributed by atoms with Gasteiger partial charge in [0.05, 0.1) is 5.69 Å². The zero-order valence-corrected chi connectivity index (χ0v) is 36.2. The average molecular weight is 819 g/mol. The Balaban J connectivity index is 1.04. The van der Waals surface area contributed by atoms with Gasteiger partial charge in [-0.2, -0.15) is 0 Å². The van der Waals surface area contributed by atoms with Gasteiger partial charge in [-0.3, -0.25) is 0 Å². The highest BCUT2D eigenvalue weighted by Crippen LogP contribution is 2.45. The van der Waals surface area contributed by atoms with Crippen molar-refractivity contribution in [3.63, 3.8) is 0 Å². The van der Waals surface area contributed by atoms with Crippen LogP contribution in [-0.2, 0) is 0 Å². The molecule has 12 rings (SSSR count). The molecule has 0 fully saturated rings. The van der Waals surface area contributed by atoms with Crippen LogP contribution in [0.25, 0.3) is 111 Å². The molecule has 1 aliphatic rings. The Morgan fingerprint density at radius 3 is 1.40 bits per heavy atom. The van der Waals surface area contributed by atoms with E-state index in [-0.39, 0.29) is 0 Å². The molecule has 11 aromatic rings. The molecule has 2 heterocycles. The predicted molar refractivity (Wildman–Crippen MR) is 269 cm³/mol. The van der Waals surface area contributed by atoms with Crippen LogP contribution in [0.1, 0.15) is 0 Å². The molecule has 0 spiro atoms. The summed E-state index contributed by atoms with van der Waals surface area (Å²) < 4.78 is 0. The maximum absolute atomic E-state index is 5.70. The Labute approximate surface area is 368 Å². The van der Waals surface area contributed by atoms with Crippen molar-refractivity contribution in [2.45, 2.75) is 13.1 Å². The predicted octanol–water partition coefficient (Wildman–Crippen LogP) is 14.7. The lowest BCUT2D eigenvalue weighted by Gasteiger charge is -2.21. The molecule has 63 heavy (non-hydrogen) atoms. The normalized spacial score (nSPS) is 12.7. The highest BCUT2D eigenvalue weighted by Gasteiger charge is 2.44. The molecule has 0 atom stereocenters. The Morgan fingerprint density at radius 2 is 0.746 bits per heavy atom. The van der Waals surface area contributed by atoms with E-state index in [1.807, 2.05) is 0 Å². The standard InChI is InChI=1S/C60H42N2Si/c1-63(2)58-54-32-14-12-30-51(54)50-29-11-13-31-52(50)55(58)56-57(53-33-17-23-41-22-9-10-28-49(41)53)61-59(62-60(56)63)45-27-16-25-43(35-45)42-24-15-26-44(34-42)48-37-46(39-18-5-3-6-19-39)36-47(38-48)40-20-7-4-8-21-40/h3-38H,1-2H3. The van der Waals surface area contributed by atoms with Crippen molar-refractivity contribution in [2.75, 3.05) is 0 Å². The van der Waals surface area contributed by atoms with Gasteiger partial charge >= 0.3 is 0 Å². The Bertz CT molecular complexity index is 3530. The lowest BCUT2D eigenvalue weighted by molar-refractivity contribution is 1.21. The summed E-state index contributed by atoms with van der Waals surface area (Å²) in [6, 6.07) is 79.3. The minimum Gasteiger partial charge on any atom is -0.237 e. The van der Waals surface area contributed by atoms with Crippen LogP contribution in [0.15, 0.2) is 218 Å². The molecule has 0 radical (unpaired) electrons. The van der Waals surface area contributed by atoms with E-state index in [9.17, 15) is 0 Å². The van der Waals surface area contributed by atoms with E-state index >= 15 is 0 Å². The number of fused-ring (bicyclic) bond motifs is 9. The van der Waals surface area contributed by atoms with Crippen molar-refractivity contribution in [3.8, 4) is 78.3 Å². The SMILES string of the molecule is C[Si]1(C)c2nc(-c3cccc(-c4cccc(-c5cc(-c6ccccc6)cc(-c6ccccc6)c5)c4)c3)nc(-c3cccc4ccccc34)c2-c2c1c1ccccc1c1ccccc21. The summed E-state index contributed by atoms with van der Waals surface area (Å²) in [7, 11) is -2.39. The van der Waals surface area contributed by atoms with Crippen LogP contribution in [0.5, 0.6) is 0 Å². The number of hydrogen-bond donors (Lipinski definition) is 0. The van der Waals surface area contributed by atoms with Crippen LogP contribution >= 0.6 is 0 Å². The van der Waals surface area contributed by atoms with Crippen molar-refractivity contribution in [1.29, 1.82) is 0 Å². The minimum atomic E-state index is -2.39. The molecular weight excluding hydrogens is 777 g/mol. The lowest BCUT2D eigenvalue weighted by Crippen LogP contribution is -2.51. The maximum atomic E-state index is 5.70. The molecule has 3 heteroatoms. The third-order valence-corrected chi connectivity index (χ3v) is 16.5. The van der Waals surface area contributed by atoms with Gasteiger partial charge in [-0.1, -0.05) is 201 Å². The monoisotopic (exact) mass is 818 g/mol. The van der Waals surface area contributed by atoms with Crippen molar-refractivity contribution in [2.24, 2.45) is 0 Å². The summed E-state index contributed by atoms with van der Waals surface area (Å²) >= 11 is 0. The van der Waals surface area contributed by atoms with Crippen molar-refractivity contribution < 1.29 is 0 Å². The quantitative estimate of drug-likeness (QED) is 0.123. The van der Waals surface area contributed by atoms with E-state index < -0.39 is 8.07 Å². The maximum Gasteiger partial charge on any atom is 0.159 e. The van der Waals surface area contributed by atoms with Gasteiger partial charge in [-0.25, -0.2) is 9.97 Å². The average Bonchev–Trinajstić information content (AvgIpc) is 3.60. The number of aromatic nitrogens is 2. The first-order chi connectivity index (χ1) is 31.0. The third-order valence-electron chi connectivity index (χ3n) is 13.2. The van der Waals surface area contributed by atoms with Gasteiger partial charge in [0.25, 0.3) is 0 Å². The molecule has 0 saturated carbocycles. The number of nitrogens with zero attached hydrogens (tertiary/aromatic N) is 2. The summed E-state index contributed by atoms with van der Waals surface area (Å²) in [5.74, 6) is 0.764. The number of rotatable bonds is 6. The molecule has 1 aliphatic heterocycles. The second-order valence-electron chi connectivity index (χ2n) is 17.3. The van der Waals surface area contributed by atoms with Gasteiger partial charge in [0, 0.05) is 22.0 Å². The first kappa shape index (κ1) is 37.1. The second kappa shape index (κ2) is 14.7. The Hall–Kier alpha value is -7.72. The van der Waals surface area contributed by atoms with E-state index in [0.717, 1.165) is 33.8 Å². The zero-order valence-electron chi connectivity index (χ0n) is 35.2. The largest absolute Gasteiger partial charge is 0.237 e. The highest BCUT2D eigenvalue weighted by atomic mass is 28.3. The summed E-state index contributed by atoms with van der Waals surface area (Å²) in [5.41, 5.74) is 15.1. The molecule has 0 amide bonds. The Kier molecular flexibility index (Phi) is 8.67. The fourth-order valence-corrected chi connectivity index (χ4v) is 13.4. The molecule has 0 bridgehead atoms. The van der Waals surface area contributed by atoms with Crippen molar-refractivity contribution in [1.82, 2.24) is 9.97 Å². The molecule has 10 aromatic carbocycles. The van der Waals surface area contributed by atoms with Crippen molar-refractivity contribution >= 4 is 50.9 Å². The molecule has 0 unspecified atom stereocenters. The van der Waals surface area contributed by atoms with Gasteiger partial charge in [0.15, 0.2) is 5.82 Å². The third kappa shape index (κ3) is 6.15. The smallest absolute Gasteiger partial charge is 0.159 e. The fourth-order valence-electron chi connectivity index (χ4n) is 10.2. The van der Waals surface area contributed by atoms with Crippen LogP contribution < -0.4 is 10.5 Å². The van der Waals surface area contributed by atoms with Gasteiger partial charge in [-0.15, -0.1) is 0 Å². The highest BCUT2D eigenvalue weighted by molar-refractivity contribution is 7.05. The zero-order chi connectivity index (χ0) is 42.1. The van der Waals surface area contributed by atoms with Crippen LogP contribution in [0.4, 0.5) is 0 Å². The lowest BCUT2D eigenvalue weighted by atomic mass is 9.90. The van der Waals surface area contributed by atoms with Crippen LogP contribution in [0, 0.1) is 0 Å². The molecule has 0 N–H and O–H groups in total. The molecule has 0 saturated heterocycles. The van der Waals surface area contributed by atoms with E-state index in [1.54, 1.807) is 0 Å². The molecule has 2 nitrogen and oxygen atoms in total. The summed E-state index contributed by atoms with van der Waals surface area (Å²) in [5, 5.41) is 10.2. The van der Waals surface area contributed by atoms with Crippen LogP contribution in [-0.4, -0.2) is 18.0 Å². The molecule has 296 valence electrons. The van der Waals surface area contributed by atoms with Gasteiger partial charge in [0.2, 0.25) is 0 Å². The molecule has 0 aliphatic carbocycles. The summed E-state index contributed by atoms with van der Waals surface area (Å²) in [6.07, 6.45) is 0. The first-order valence-corrected chi connectivity index (χ1v) is 24.8. The van der Waals surface area contributed by atoms with E-state index in [1.165, 1.54) is 87.3 Å². The number of hydrogen-bond acceptors (Lipinski definition) is 2. The van der Waals surface area contributed by atoms with Crippen molar-refractivity contribution in [3.05, 3.63) is 218 Å². The fraction of sp³-hybridized carbons (Fsp3) is 0.0333. The van der Waals surface area contributed by atoms with Gasteiger partial charge in [0.1, 0.15) is 8.07 Å². The molecule has 1 aromatic heterocycles. The van der Waals surface area contributed by atoms with E-state index in [4.69, 9.17) is 9.97 Å². The summed E-state index contributed by atoms with van der Waals surface area (Å²) in [6.45, 7) is 4.97. The second-order valence-corrected chi connectivity index (χ2v) is 21.5. The van der Waals surface area contributed by atoms with Gasteiger partial charge < -0.3 is 0 Å². The molecular formula is C60H42N2Si. The van der Waals surface area contributed by atoms with Crippen LogP contribution in [0.2, 0.25) is 13.1 Å². The minimum absolute atomic E-state index is 0.764. The van der Waals surface area contributed by atoms with E-state index in [0.29, 0.717) is 0 Å². The van der Waals surface area contributed by atoms with Crippen LogP contribution in [0.3, 0.4) is 0 Å². The summed E-state index contributed by atoms with van der Waals surface area (Å²) in [4.78, 5) is 11.4. The first-order valence-electron chi connectivity index (χ1n) is 21.8. The van der Waals surface area contributed by atoms with Gasteiger partial charge in [-0.05, 0) is 118 Å².